The fourth-order valence-electron chi connectivity index (χ4n) is 1.92. The number of likely N-dealkylation sites (N-methyl/N-ethyl adjacent to an activating group) is 1. The van der Waals surface area contributed by atoms with Gasteiger partial charge in [0.25, 0.3) is 0 Å². The molecule has 2 rings (SSSR count). The maximum atomic E-state index is 13.5. The topological polar surface area (TPSA) is 45.0 Å². The molecule has 0 aliphatic carbocycles. The number of para-hydroxylation sites is 1. The van der Waals surface area contributed by atoms with Gasteiger partial charge < -0.3 is 4.74 Å². The lowest BCUT2D eigenvalue weighted by Gasteiger charge is -2.26. The standard InChI is InChI=1S/C16H15FN2O/c1-19-16(11-18,13-7-3-2-4-8-13)12-20-15-10-6-5-9-14(15)17/h2-10,19H,12H2,1H3. The quantitative estimate of drug-likeness (QED) is 0.908. The molecule has 0 bridgehead atoms. The van der Waals surface area contributed by atoms with Crippen LogP contribution < -0.4 is 10.1 Å². The summed E-state index contributed by atoms with van der Waals surface area (Å²) in [6, 6.07) is 17.6. The molecule has 3 nitrogen and oxygen atoms in total. The molecule has 1 atom stereocenters. The van der Waals surface area contributed by atoms with Crippen LogP contribution in [0.25, 0.3) is 0 Å². The molecule has 1 unspecified atom stereocenters. The fraction of sp³-hybridized carbons (Fsp3) is 0.188. The molecule has 2 aromatic carbocycles. The summed E-state index contributed by atoms with van der Waals surface area (Å²) in [7, 11) is 1.68. The van der Waals surface area contributed by atoms with E-state index in [0.29, 0.717) is 0 Å². The molecule has 20 heavy (non-hydrogen) atoms. The van der Waals surface area contributed by atoms with Crippen molar-refractivity contribution in [3.8, 4) is 11.8 Å². The smallest absolute Gasteiger partial charge is 0.166 e. The van der Waals surface area contributed by atoms with E-state index in [0.717, 1.165) is 5.56 Å². The minimum atomic E-state index is -1.01. The number of hydrogen-bond acceptors (Lipinski definition) is 3. The average Bonchev–Trinajstić information content (AvgIpc) is 2.51. The van der Waals surface area contributed by atoms with Crippen LogP contribution in [0.3, 0.4) is 0 Å². The van der Waals surface area contributed by atoms with Crippen molar-refractivity contribution in [2.24, 2.45) is 0 Å². The highest BCUT2D eigenvalue weighted by atomic mass is 19.1. The van der Waals surface area contributed by atoms with E-state index in [1.807, 2.05) is 30.3 Å². The number of hydrogen-bond donors (Lipinski definition) is 1. The first-order valence-corrected chi connectivity index (χ1v) is 6.25. The molecular formula is C16H15FN2O. The molecule has 0 radical (unpaired) electrons. The maximum Gasteiger partial charge on any atom is 0.166 e. The van der Waals surface area contributed by atoms with Crippen molar-refractivity contribution >= 4 is 0 Å². The molecule has 102 valence electrons. The van der Waals surface area contributed by atoms with Crippen LogP contribution in [0.2, 0.25) is 0 Å². The minimum absolute atomic E-state index is 0.0188. The Morgan fingerprint density at radius 1 is 1.15 bits per heavy atom. The van der Waals surface area contributed by atoms with Crippen molar-refractivity contribution in [1.29, 1.82) is 5.26 Å². The van der Waals surface area contributed by atoms with Gasteiger partial charge >= 0.3 is 0 Å². The van der Waals surface area contributed by atoms with Crippen molar-refractivity contribution in [2.45, 2.75) is 5.54 Å². The Bertz CT molecular complexity index is 609. The fourth-order valence-corrected chi connectivity index (χ4v) is 1.92. The summed E-state index contributed by atoms with van der Waals surface area (Å²) in [5.41, 5.74) is -0.231. The van der Waals surface area contributed by atoms with Crippen molar-refractivity contribution in [2.75, 3.05) is 13.7 Å². The molecule has 0 saturated carbocycles. The lowest BCUT2D eigenvalue weighted by molar-refractivity contribution is 0.222. The summed E-state index contributed by atoms with van der Waals surface area (Å²) in [5, 5.41) is 12.5. The molecular weight excluding hydrogens is 255 g/mol. The van der Waals surface area contributed by atoms with Crippen molar-refractivity contribution in [3.63, 3.8) is 0 Å². The van der Waals surface area contributed by atoms with Gasteiger partial charge in [-0.3, -0.25) is 5.32 Å². The van der Waals surface area contributed by atoms with Crippen LogP contribution in [0.1, 0.15) is 5.56 Å². The number of ether oxygens (including phenoxy) is 1. The van der Waals surface area contributed by atoms with E-state index in [2.05, 4.69) is 11.4 Å². The first-order valence-electron chi connectivity index (χ1n) is 6.25. The Morgan fingerprint density at radius 3 is 2.40 bits per heavy atom. The minimum Gasteiger partial charge on any atom is -0.487 e. The predicted octanol–water partition coefficient (Wildman–Crippen LogP) is 2.84. The van der Waals surface area contributed by atoms with Gasteiger partial charge in [-0.25, -0.2) is 4.39 Å². The van der Waals surface area contributed by atoms with Crippen LogP contribution in [-0.4, -0.2) is 13.7 Å². The van der Waals surface area contributed by atoms with E-state index in [4.69, 9.17) is 4.74 Å². The van der Waals surface area contributed by atoms with E-state index >= 15 is 0 Å². The Balaban J connectivity index is 2.23. The third kappa shape index (κ3) is 2.79. The van der Waals surface area contributed by atoms with Crippen LogP contribution in [0, 0.1) is 17.1 Å². The summed E-state index contributed by atoms with van der Waals surface area (Å²) in [6.07, 6.45) is 0. The summed E-state index contributed by atoms with van der Waals surface area (Å²) in [6.45, 7) is 0.0188. The third-order valence-corrected chi connectivity index (χ3v) is 3.17. The van der Waals surface area contributed by atoms with E-state index < -0.39 is 11.4 Å². The van der Waals surface area contributed by atoms with Gasteiger partial charge in [0.2, 0.25) is 0 Å². The molecule has 0 amide bonds. The van der Waals surface area contributed by atoms with Crippen molar-refractivity contribution in [3.05, 3.63) is 66.0 Å². The Hall–Kier alpha value is -2.38. The predicted molar refractivity (Wildman–Crippen MR) is 74.7 cm³/mol. The van der Waals surface area contributed by atoms with Gasteiger partial charge in [-0.05, 0) is 24.7 Å². The average molecular weight is 270 g/mol. The number of rotatable bonds is 5. The maximum absolute atomic E-state index is 13.5. The highest BCUT2D eigenvalue weighted by molar-refractivity contribution is 5.32. The number of nitrogens with zero attached hydrogens (tertiary/aromatic N) is 1. The SMILES string of the molecule is CNC(C#N)(COc1ccccc1F)c1ccccc1. The second-order valence-electron chi connectivity index (χ2n) is 4.35. The molecule has 0 aliphatic rings. The zero-order chi connectivity index (χ0) is 14.4. The Morgan fingerprint density at radius 2 is 1.80 bits per heavy atom. The molecule has 4 heteroatoms. The summed E-state index contributed by atoms with van der Waals surface area (Å²) >= 11 is 0. The first-order chi connectivity index (χ1) is 9.72. The number of halogens is 1. The molecule has 1 N–H and O–H groups in total. The molecule has 2 aromatic rings. The normalized spacial score (nSPS) is 13.2. The number of nitriles is 1. The van der Waals surface area contributed by atoms with E-state index in [9.17, 15) is 9.65 Å². The second kappa shape index (κ2) is 6.18. The lowest BCUT2D eigenvalue weighted by atomic mass is 9.92. The van der Waals surface area contributed by atoms with Gasteiger partial charge in [0.15, 0.2) is 17.1 Å². The van der Waals surface area contributed by atoms with Crippen molar-refractivity contribution < 1.29 is 9.13 Å². The van der Waals surface area contributed by atoms with Crippen LogP contribution in [-0.2, 0) is 5.54 Å². The molecule has 0 aliphatic heterocycles. The van der Waals surface area contributed by atoms with Gasteiger partial charge in [0, 0.05) is 0 Å². The number of benzene rings is 2. The van der Waals surface area contributed by atoms with Gasteiger partial charge in [-0.1, -0.05) is 42.5 Å². The van der Waals surface area contributed by atoms with E-state index in [1.165, 1.54) is 12.1 Å². The van der Waals surface area contributed by atoms with Crippen LogP contribution in [0.5, 0.6) is 5.75 Å². The third-order valence-electron chi connectivity index (χ3n) is 3.17. The Labute approximate surface area is 117 Å². The molecule has 0 heterocycles. The van der Waals surface area contributed by atoms with Gasteiger partial charge in [-0.2, -0.15) is 5.26 Å². The second-order valence-corrected chi connectivity index (χ2v) is 4.35. The van der Waals surface area contributed by atoms with E-state index in [1.54, 1.807) is 19.2 Å². The lowest BCUT2D eigenvalue weighted by Crippen LogP contribution is -2.44. The zero-order valence-corrected chi connectivity index (χ0v) is 11.1. The molecule has 0 aromatic heterocycles. The molecule has 0 saturated heterocycles. The summed E-state index contributed by atoms with van der Waals surface area (Å²) < 4.78 is 19.0. The summed E-state index contributed by atoms with van der Waals surface area (Å²) in [5.74, 6) is -0.304. The molecule has 0 fully saturated rings. The zero-order valence-electron chi connectivity index (χ0n) is 11.1. The van der Waals surface area contributed by atoms with Gasteiger partial charge in [0.1, 0.15) is 6.61 Å². The highest BCUT2D eigenvalue weighted by Gasteiger charge is 2.31. The monoisotopic (exact) mass is 270 g/mol. The van der Waals surface area contributed by atoms with Gasteiger partial charge in [0.05, 0.1) is 6.07 Å². The van der Waals surface area contributed by atoms with Crippen LogP contribution in [0.15, 0.2) is 54.6 Å². The summed E-state index contributed by atoms with van der Waals surface area (Å²) in [4.78, 5) is 0. The first kappa shape index (κ1) is 14.0. The van der Waals surface area contributed by atoms with E-state index in [-0.39, 0.29) is 12.4 Å². The van der Waals surface area contributed by atoms with Gasteiger partial charge in [-0.15, -0.1) is 0 Å². The Kier molecular flexibility index (Phi) is 4.34. The highest BCUT2D eigenvalue weighted by Crippen LogP contribution is 2.23. The van der Waals surface area contributed by atoms with Crippen molar-refractivity contribution in [1.82, 2.24) is 5.32 Å². The van der Waals surface area contributed by atoms with Crippen LogP contribution in [0.4, 0.5) is 4.39 Å². The molecule has 0 spiro atoms. The largest absolute Gasteiger partial charge is 0.487 e. The number of nitrogens with one attached hydrogen (secondary N) is 1. The van der Waals surface area contributed by atoms with Crippen LogP contribution >= 0.6 is 0 Å².